The third-order valence-corrected chi connectivity index (χ3v) is 3.78. The highest BCUT2D eigenvalue weighted by atomic mass is 35.5. The van der Waals surface area contributed by atoms with Gasteiger partial charge in [0.25, 0.3) is 5.91 Å². The Hall–Kier alpha value is -3.17. The van der Waals surface area contributed by atoms with Crippen LogP contribution >= 0.6 is 11.6 Å². The van der Waals surface area contributed by atoms with Gasteiger partial charge in [-0.05, 0) is 30.7 Å². The first-order valence-electron chi connectivity index (χ1n) is 7.26. The van der Waals surface area contributed by atoms with Gasteiger partial charge in [0.2, 0.25) is 0 Å². The lowest BCUT2D eigenvalue weighted by atomic mass is 10.2. The zero-order valence-electron chi connectivity index (χ0n) is 13.6. The zero-order valence-corrected chi connectivity index (χ0v) is 14.4. The molecule has 0 saturated heterocycles. The largest absolute Gasteiger partial charge is 0.506 e. The van der Waals surface area contributed by atoms with Crippen molar-refractivity contribution in [1.82, 2.24) is 0 Å². The predicted molar refractivity (Wildman–Crippen MR) is 96.8 cm³/mol. The maximum Gasteiger partial charge on any atom is 0.267 e. The van der Waals surface area contributed by atoms with E-state index in [0.29, 0.717) is 16.5 Å². The minimum Gasteiger partial charge on any atom is -0.506 e. The summed E-state index contributed by atoms with van der Waals surface area (Å²) in [7, 11) is 1.49. The second-order valence-electron chi connectivity index (χ2n) is 5.09. The Balaban J connectivity index is 2.21. The Morgan fingerprint density at radius 1 is 1.32 bits per heavy atom. The number of carbonyl (C=O) groups is 1. The van der Waals surface area contributed by atoms with Gasteiger partial charge >= 0.3 is 0 Å². The lowest BCUT2D eigenvalue weighted by Gasteiger charge is -2.11. The number of rotatable bonds is 5. The van der Waals surface area contributed by atoms with Crippen LogP contribution in [0.3, 0.4) is 0 Å². The van der Waals surface area contributed by atoms with Crippen molar-refractivity contribution < 1.29 is 14.6 Å². The summed E-state index contributed by atoms with van der Waals surface area (Å²) in [5.41, 5.74) is 1.43. The number of methoxy groups -OCH3 is 1. The van der Waals surface area contributed by atoms with Crippen molar-refractivity contribution in [2.75, 3.05) is 17.7 Å². The van der Waals surface area contributed by atoms with Crippen LogP contribution in [0.4, 0.5) is 11.4 Å². The SMILES string of the molecule is COc1cc(Cl)c(C)cc1N/C=C(/C#N)C(=O)Nc1ccccc1O. The van der Waals surface area contributed by atoms with Crippen LogP contribution in [0.2, 0.25) is 5.02 Å². The molecule has 0 aliphatic carbocycles. The number of hydrogen-bond acceptors (Lipinski definition) is 5. The van der Waals surface area contributed by atoms with E-state index >= 15 is 0 Å². The van der Waals surface area contributed by atoms with Crippen LogP contribution in [-0.4, -0.2) is 18.1 Å². The summed E-state index contributed by atoms with van der Waals surface area (Å²) >= 11 is 6.05. The molecule has 0 radical (unpaired) electrons. The van der Waals surface area contributed by atoms with E-state index in [0.717, 1.165) is 5.56 Å². The summed E-state index contributed by atoms with van der Waals surface area (Å²) in [5, 5.41) is 24.8. The molecule has 3 N–H and O–H groups in total. The number of aromatic hydroxyl groups is 1. The first-order chi connectivity index (χ1) is 12.0. The topological polar surface area (TPSA) is 94.4 Å². The molecule has 6 nitrogen and oxygen atoms in total. The van der Waals surface area contributed by atoms with Crippen LogP contribution in [0.25, 0.3) is 0 Å². The van der Waals surface area contributed by atoms with Gasteiger partial charge in [-0.2, -0.15) is 5.26 Å². The fourth-order valence-corrected chi connectivity index (χ4v) is 2.17. The van der Waals surface area contributed by atoms with Gasteiger partial charge in [-0.1, -0.05) is 23.7 Å². The highest BCUT2D eigenvalue weighted by molar-refractivity contribution is 6.31. The Labute approximate surface area is 150 Å². The molecular formula is C18H16ClN3O3. The minimum absolute atomic E-state index is 0.0869. The summed E-state index contributed by atoms with van der Waals surface area (Å²) in [6.07, 6.45) is 1.26. The van der Waals surface area contributed by atoms with Crippen LogP contribution in [0.1, 0.15) is 5.56 Å². The van der Waals surface area contributed by atoms with Crippen molar-refractivity contribution in [1.29, 1.82) is 5.26 Å². The highest BCUT2D eigenvalue weighted by Crippen LogP contribution is 2.31. The first-order valence-corrected chi connectivity index (χ1v) is 7.64. The van der Waals surface area contributed by atoms with Gasteiger partial charge < -0.3 is 20.5 Å². The number of ether oxygens (including phenoxy) is 1. The molecule has 0 aliphatic heterocycles. The number of anilines is 2. The van der Waals surface area contributed by atoms with E-state index in [1.165, 1.54) is 25.4 Å². The maximum atomic E-state index is 12.2. The molecule has 2 aromatic carbocycles. The molecule has 0 aromatic heterocycles. The van der Waals surface area contributed by atoms with Gasteiger partial charge in [0.15, 0.2) is 0 Å². The summed E-state index contributed by atoms with van der Waals surface area (Å²) in [6, 6.07) is 11.4. The van der Waals surface area contributed by atoms with Crippen LogP contribution in [-0.2, 0) is 4.79 Å². The first kappa shape index (κ1) is 18.2. The number of phenolic OH excluding ortho intramolecular Hbond substituents is 1. The van der Waals surface area contributed by atoms with Gasteiger partial charge in [-0.15, -0.1) is 0 Å². The summed E-state index contributed by atoms with van der Waals surface area (Å²) in [6.45, 7) is 1.83. The Morgan fingerprint density at radius 2 is 2.04 bits per heavy atom. The number of phenols is 1. The maximum absolute atomic E-state index is 12.2. The molecular weight excluding hydrogens is 342 g/mol. The summed E-state index contributed by atoms with van der Waals surface area (Å²) in [4.78, 5) is 12.2. The third kappa shape index (κ3) is 4.43. The van der Waals surface area contributed by atoms with Gasteiger partial charge in [0.1, 0.15) is 23.1 Å². The van der Waals surface area contributed by atoms with Crippen LogP contribution in [0.15, 0.2) is 48.2 Å². The quantitative estimate of drug-likeness (QED) is 0.429. The molecule has 0 heterocycles. The number of benzene rings is 2. The smallest absolute Gasteiger partial charge is 0.267 e. The Morgan fingerprint density at radius 3 is 2.68 bits per heavy atom. The lowest BCUT2D eigenvalue weighted by molar-refractivity contribution is -0.112. The molecule has 0 fully saturated rings. The van der Waals surface area contributed by atoms with Crippen molar-refractivity contribution >= 4 is 28.9 Å². The van der Waals surface area contributed by atoms with Crippen molar-refractivity contribution in [3.8, 4) is 17.6 Å². The van der Waals surface area contributed by atoms with Gasteiger partial charge in [0.05, 0.1) is 18.5 Å². The van der Waals surface area contributed by atoms with E-state index in [1.807, 2.05) is 13.0 Å². The molecule has 1 amide bonds. The molecule has 25 heavy (non-hydrogen) atoms. The van der Waals surface area contributed by atoms with Crippen molar-refractivity contribution in [3.05, 3.63) is 58.8 Å². The predicted octanol–water partition coefficient (Wildman–Crippen LogP) is 3.82. The number of para-hydroxylation sites is 2. The number of amides is 1. The van der Waals surface area contributed by atoms with Gasteiger partial charge in [-0.3, -0.25) is 4.79 Å². The molecule has 0 atom stereocenters. The molecule has 0 saturated carbocycles. The number of carbonyl (C=O) groups excluding carboxylic acids is 1. The molecule has 0 spiro atoms. The monoisotopic (exact) mass is 357 g/mol. The van der Waals surface area contributed by atoms with Crippen molar-refractivity contribution in [2.24, 2.45) is 0 Å². The van der Waals surface area contributed by atoms with Gasteiger partial charge in [-0.25, -0.2) is 0 Å². The molecule has 0 aliphatic rings. The number of hydrogen-bond donors (Lipinski definition) is 3. The molecule has 0 unspecified atom stereocenters. The number of nitriles is 1. The van der Waals surface area contributed by atoms with Crippen molar-refractivity contribution in [2.45, 2.75) is 6.92 Å². The van der Waals surface area contributed by atoms with E-state index in [2.05, 4.69) is 10.6 Å². The fraction of sp³-hybridized carbons (Fsp3) is 0.111. The second kappa shape index (κ2) is 8.08. The summed E-state index contributed by atoms with van der Waals surface area (Å²) in [5.74, 6) is -0.262. The van der Waals surface area contributed by atoms with E-state index in [1.54, 1.807) is 24.3 Å². The second-order valence-corrected chi connectivity index (χ2v) is 5.49. The van der Waals surface area contributed by atoms with E-state index in [-0.39, 0.29) is 17.0 Å². The number of halogens is 1. The number of nitrogens with zero attached hydrogens (tertiary/aromatic N) is 1. The normalized spacial score (nSPS) is 10.7. The molecule has 128 valence electrons. The minimum atomic E-state index is -0.652. The standard InChI is InChI=1S/C18H16ClN3O3/c1-11-7-15(17(25-2)8-13(11)19)21-10-12(9-20)18(24)22-14-5-3-4-6-16(14)23/h3-8,10,21,23H,1-2H3,(H,22,24)/b12-10-. The number of nitrogens with one attached hydrogen (secondary N) is 2. The van der Waals surface area contributed by atoms with E-state index < -0.39 is 5.91 Å². The number of aryl methyl sites for hydroxylation is 1. The fourth-order valence-electron chi connectivity index (χ4n) is 2.01. The Kier molecular flexibility index (Phi) is 5.88. The Bertz CT molecular complexity index is 872. The van der Waals surface area contributed by atoms with E-state index in [4.69, 9.17) is 16.3 Å². The lowest BCUT2D eigenvalue weighted by Crippen LogP contribution is -2.14. The van der Waals surface area contributed by atoms with Crippen LogP contribution < -0.4 is 15.4 Å². The van der Waals surface area contributed by atoms with Gasteiger partial charge in [0, 0.05) is 17.3 Å². The van der Waals surface area contributed by atoms with Crippen molar-refractivity contribution in [3.63, 3.8) is 0 Å². The molecule has 2 rings (SSSR count). The van der Waals surface area contributed by atoms with Crippen LogP contribution in [0, 0.1) is 18.3 Å². The zero-order chi connectivity index (χ0) is 18.4. The summed E-state index contributed by atoms with van der Waals surface area (Å²) < 4.78 is 5.23. The molecule has 2 aromatic rings. The molecule has 0 bridgehead atoms. The highest BCUT2D eigenvalue weighted by Gasteiger charge is 2.12. The average molecular weight is 358 g/mol. The molecule has 7 heteroatoms. The van der Waals surface area contributed by atoms with E-state index in [9.17, 15) is 15.2 Å². The third-order valence-electron chi connectivity index (χ3n) is 3.37. The van der Waals surface area contributed by atoms with Crippen LogP contribution in [0.5, 0.6) is 11.5 Å². The average Bonchev–Trinajstić information content (AvgIpc) is 2.60.